The zero-order valence-electron chi connectivity index (χ0n) is 18.1. The van der Waals surface area contributed by atoms with Crippen molar-refractivity contribution in [1.29, 1.82) is 0 Å². The molecule has 8 heteroatoms. The molecule has 0 aromatic heterocycles. The van der Waals surface area contributed by atoms with Crippen LogP contribution in [-0.4, -0.2) is 47.9 Å². The predicted octanol–water partition coefficient (Wildman–Crippen LogP) is 2.99. The fourth-order valence-electron chi connectivity index (χ4n) is 4.79. The van der Waals surface area contributed by atoms with Gasteiger partial charge in [0, 0.05) is 17.2 Å². The summed E-state index contributed by atoms with van der Waals surface area (Å²) < 4.78 is 8.00. The normalized spacial score (nSPS) is 23.8. The number of amides is 3. The minimum absolute atomic E-state index is 0.0570. The number of carbonyl (C=O) groups excluding carboxylic acids is 3. The van der Waals surface area contributed by atoms with Crippen LogP contribution in [0.4, 0.5) is 0 Å². The van der Waals surface area contributed by atoms with E-state index in [9.17, 15) is 14.4 Å². The third-order valence-corrected chi connectivity index (χ3v) is 6.87. The standard InChI is InChI=1S/C22H30IN3O4/c1-12-15(7-6-8-16(12)30-5)19(27)24-18(22(2,3)4)21(29)26-14-10-9-13(11-14)17(26)20(28)25-23/h6-8,13-14,17-18H,9-11H2,1-5H3,(H,24,27)(H,25,28). The van der Waals surface area contributed by atoms with Crippen molar-refractivity contribution >= 4 is 40.6 Å². The molecule has 2 N–H and O–H groups in total. The second kappa shape index (κ2) is 8.72. The molecular formula is C22H30IN3O4. The summed E-state index contributed by atoms with van der Waals surface area (Å²) >= 11 is 1.83. The molecule has 1 heterocycles. The van der Waals surface area contributed by atoms with Crippen molar-refractivity contribution < 1.29 is 19.1 Å². The van der Waals surface area contributed by atoms with Crippen molar-refractivity contribution in [2.24, 2.45) is 11.3 Å². The molecule has 4 atom stereocenters. The molecule has 2 bridgehead atoms. The molecule has 2 aliphatic rings. The molecule has 164 valence electrons. The quantitative estimate of drug-likeness (QED) is 0.456. The number of benzene rings is 1. The summed E-state index contributed by atoms with van der Waals surface area (Å²) in [5, 5.41) is 2.96. The van der Waals surface area contributed by atoms with E-state index in [1.165, 1.54) is 0 Å². The molecule has 4 unspecified atom stereocenters. The van der Waals surface area contributed by atoms with Crippen LogP contribution in [-0.2, 0) is 9.59 Å². The number of fused-ring (bicyclic) bond motifs is 2. The monoisotopic (exact) mass is 527 g/mol. The first-order chi connectivity index (χ1) is 14.1. The smallest absolute Gasteiger partial charge is 0.252 e. The van der Waals surface area contributed by atoms with Crippen molar-refractivity contribution in [3.63, 3.8) is 0 Å². The topological polar surface area (TPSA) is 87.7 Å². The summed E-state index contributed by atoms with van der Waals surface area (Å²) in [7, 11) is 1.56. The lowest BCUT2D eigenvalue weighted by atomic mass is 9.84. The molecule has 7 nitrogen and oxygen atoms in total. The molecule has 1 aliphatic heterocycles. The Labute approximate surface area is 191 Å². The van der Waals surface area contributed by atoms with E-state index in [1.807, 2.05) is 50.6 Å². The summed E-state index contributed by atoms with van der Waals surface area (Å²) in [6.07, 6.45) is 2.71. The molecule has 1 saturated carbocycles. The number of ether oxygens (including phenoxy) is 1. The van der Waals surface area contributed by atoms with Crippen LogP contribution in [0, 0.1) is 18.3 Å². The average molecular weight is 527 g/mol. The highest BCUT2D eigenvalue weighted by molar-refractivity contribution is 14.1. The van der Waals surface area contributed by atoms with Crippen molar-refractivity contribution in [2.75, 3.05) is 7.11 Å². The lowest BCUT2D eigenvalue weighted by Crippen LogP contribution is -2.60. The van der Waals surface area contributed by atoms with Gasteiger partial charge in [0.25, 0.3) is 11.8 Å². The zero-order chi connectivity index (χ0) is 22.2. The molecule has 1 aliphatic carbocycles. The van der Waals surface area contributed by atoms with Crippen LogP contribution < -0.4 is 13.6 Å². The minimum atomic E-state index is -0.750. The highest BCUT2D eigenvalue weighted by Crippen LogP contribution is 2.43. The molecule has 3 rings (SSSR count). The van der Waals surface area contributed by atoms with E-state index in [0.29, 0.717) is 11.3 Å². The molecule has 30 heavy (non-hydrogen) atoms. The Kier molecular flexibility index (Phi) is 6.64. The lowest BCUT2D eigenvalue weighted by Gasteiger charge is -2.40. The van der Waals surface area contributed by atoms with Gasteiger partial charge in [0.1, 0.15) is 17.8 Å². The van der Waals surface area contributed by atoms with Gasteiger partial charge in [0.15, 0.2) is 0 Å². The molecule has 0 spiro atoms. The Morgan fingerprint density at radius 1 is 1.23 bits per heavy atom. The zero-order valence-corrected chi connectivity index (χ0v) is 20.3. The Morgan fingerprint density at radius 2 is 1.93 bits per heavy atom. The number of halogens is 1. The Bertz CT molecular complexity index is 851. The number of piperidine rings is 1. The van der Waals surface area contributed by atoms with E-state index >= 15 is 0 Å². The van der Waals surface area contributed by atoms with Gasteiger partial charge in [-0.3, -0.25) is 17.9 Å². The maximum atomic E-state index is 13.7. The first-order valence-corrected chi connectivity index (χ1v) is 11.3. The summed E-state index contributed by atoms with van der Waals surface area (Å²) in [6.45, 7) is 7.60. The van der Waals surface area contributed by atoms with Gasteiger partial charge in [0.05, 0.1) is 30.0 Å². The molecule has 1 aromatic rings. The fourth-order valence-corrected chi connectivity index (χ4v) is 5.11. The largest absolute Gasteiger partial charge is 0.496 e. The van der Waals surface area contributed by atoms with Gasteiger partial charge in [-0.2, -0.15) is 0 Å². The van der Waals surface area contributed by atoms with Gasteiger partial charge in [-0.05, 0) is 49.7 Å². The Morgan fingerprint density at radius 3 is 2.53 bits per heavy atom. The second-order valence-electron chi connectivity index (χ2n) is 9.28. The highest BCUT2D eigenvalue weighted by Gasteiger charge is 2.53. The van der Waals surface area contributed by atoms with Gasteiger partial charge in [0.2, 0.25) is 5.91 Å². The van der Waals surface area contributed by atoms with Crippen molar-refractivity contribution in [2.45, 2.75) is 65.1 Å². The summed E-state index contributed by atoms with van der Waals surface area (Å²) in [6, 6.07) is 4.12. The number of carbonyl (C=O) groups is 3. The number of nitrogens with one attached hydrogen (secondary N) is 2. The molecular weight excluding hydrogens is 497 g/mol. The van der Waals surface area contributed by atoms with Gasteiger partial charge in [-0.25, -0.2) is 0 Å². The van der Waals surface area contributed by atoms with Crippen molar-refractivity contribution in [1.82, 2.24) is 13.7 Å². The van der Waals surface area contributed by atoms with Crippen LogP contribution in [0.25, 0.3) is 0 Å². The molecule has 1 aromatic carbocycles. The number of rotatable bonds is 5. The summed E-state index contributed by atoms with van der Waals surface area (Å²) in [5.74, 6) is 0.161. The van der Waals surface area contributed by atoms with Crippen LogP contribution in [0.15, 0.2) is 18.2 Å². The average Bonchev–Trinajstić information content (AvgIpc) is 3.31. The SMILES string of the molecule is COc1cccc(C(=O)NC(C(=O)N2C3CCC(C3)C2C(=O)NI)C(C)(C)C)c1C. The van der Waals surface area contributed by atoms with E-state index < -0.39 is 17.5 Å². The van der Waals surface area contributed by atoms with Gasteiger partial charge < -0.3 is 15.0 Å². The lowest BCUT2D eigenvalue weighted by molar-refractivity contribution is -0.145. The Balaban J connectivity index is 1.89. The third-order valence-electron chi connectivity index (χ3n) is 6.34. The van der Waals surface area contributed by atoms with Crippen LogP contribution in [0.3, 0.4) is 0 Å². The first-order valence-electron chi connectivity index (χ1n) is 10.3. The number of hydrogen-bond donors (Lipinski definition) is 2. The molecule has 2 fully saturated rings. The second-order valence-corrected chi connectivity index (χ2v) is 9.82. The molecule has 1 saturated heterocycles. The maximum Gasteiger partial charge on any atom is 0.252 e. The summed E-state index contributed by atoms with van der Waals surface area (Å²) in [5.41, 5.74) is 0.674. The number of nitrogens with zero attached hydrogens (tertiary/aromatic N) is 1. The van der Waals surface area contributed by atoms with E-state index in [2.05, 4.69) is 8.85 Å². The van der Waals surface area contributed by atoms with Crippen LogP contribution in [0.5, 0.6) is 5.75 Å². The minimum Gasteiger partial charge on any atom is -0.496 e. The van der Waals surface area contributed by atoms with Gasteiger partial charge in [-0.1, -0.05) is 26.8 Å². The highest BCUT2D eigenvalue weighted by atomic mass is 127. The van der Waals surface area contributed by atoms with Crippen LogP contribution >= 0.6 is 22.9 Å². The number of likely N-dealkylation sites (tertiary alicyclic amines) is 1. The molecule has 3 amide bonds. The van der Waals surface area contributed by atoms with E-state index in [1.54, 1.807) is 30.2 Å². The van der Waals surface area contributed by atoms with Gasteiger partial charge >= 0.3 is 0 Å². The van der Waals surface area contributed by atoms with Crippen LogP contribution in [0.2, 0.25) is 0 Å². The van der Waals surface area contributed by atoms with Crippen molar-refractivity contribution in [3.05, 3.63) is 29.3 Å². The van der Waals surface area contributed by atoms with E-state index in [4.69, 9.17) is 4.74 Å². The van der Waals surface area contributed by atoms with Crippen LogP contribution in [0.1, 0.15) is 56.0 Å². The number of methoxy groups -OCH3 is 1. The predicted molar refractivity (Wildman–Crippen MR) is 122 cm³/mol. The first kappa shape index (κ1) is 22.8. The number of hydrogen-bond acceptors (Lipinski definition) is 4. The van der Waals surface area contributed by atoms with Crippen molar-refractivity contribution in [3.8, 4) is 5.75 Å². The maximum absolute atomic E-state index is 13.7. The van der Waals surface area contributed by atoms with E-state index in [0.717, 1.165) is 24.8 Å². The summed E-state index contributed by atoms with van der Waals surface area (Å²) in [4.78, 5) is 41.1. The van der Waals surface area contributed by atoms with Gasteiger partial charge in [-0.15, -0.1) is 0 Å². The third kappa shape index (κ3) is 4.15. The van der Waals surface area contributed by atoms with E-state index in [-0.39, 0.29) is 29.7 Å². The Hall–Kier alpha value is -1.84. The molecule has 0 radical (unpaired) electrons. The fraction of sp³-hybridized carbons (Fsp3) is 0.591.